The average molecular weight is 338 g/mol. The van der Waals surface area contributed by atoms with Crippen LogP contribution in [-0.2, 0) is 14.8 Å². The molecule has 7 heteroatoms. The van der Waals surface area contributed by atoms with E-state index in [1.54, 1.807) is 12.4 Å². The highest BCUT2D eigenvalue weighted by atomic mass is 32.2. The first kappa shape index (κ1) is 15.5. The van der Waals surface area contributed by atoms with Gasteiger partial charge in [-0.05, 0) is 18.5 Å². The van der Waals surface area contributed by atoms with E-state index in [1.165, 1.54) is 15.6 Å². The van der Waals surface area contributed by atoms with Gasteiger partial charge in [0.1, 0.15) is 11.0 Å². The van der Waals surface area contributed by atoms with Gasteiger partial charge in [0.15, 0.2) is 0 Å². The number of anilines is 1. The predicted molar refractivity (Wildman–Crippen MR) is 88.1 cm³/mol. The van der Waals surface area contributed by atoms with Gasteiger partial charge in [-0.1, -0.05) is 18.2 Å². The fourth-order valence-corrected chi connectivity index (χ4v) is 5.23. The monoisotopic (exact) mass is 338 g/mol. The molecule has 5 nitrogen and oxygen atoms in total. The highest BCUT2D eigenvalue weighted by molar-refractivity contribution is 7.93. The minimum atomic E-state index is -3.54. The van der Waals surface area contributed by atoms with E-state index < -0.39 is 10.0 Å². The SMILES string of the molecule is CNCCOC1c2ccccc2N(C)S(=O)(=O)c2cscc21. The molecular weight excluding hydrogens is 320 g/mol. The summed E-state index contributed by atoms with van der Waals surface area (Å²) in [4.78, 5) is 0.339. The molecule has 0 fully saturated rings. The van der Waals surface area contributed by atoms with Crippen molar-refractivity contribution in [3.05, 3.63) is 46.2 Å². The maximum absolute atomic E-state index is 12.8. The zero-order valence-electron chi connectivity index (χ0n) is 12.4. The lowest BCUT2D eigenvalue weighted by Gasteiger charge is -2.21. The quantitative estimate of drug-likeness (QED) is 0.869. The van der Waals surface area contributed by atoms with E-state index in [9.17, 15) is 8.42 Å². The number of ether oxygens (including phenoxy) is 1. The van der Waals surface area contributed by atoms with Crippen LogP contribution in [0, 0.1) is 0 Å². The van der Waals surface area contributed by atoms with Crippen molar-refractivity contribution in [2.24, 2.45) is 0 Å². The molecule has 0 bridgehead atoms. The average Bonchev–Trinajstić information content (AvgIpc) is 2.99. The fraction of sp³-hybridized carbons (Fsp3) is 0.333. The van der Waals surface area contributed by atoms with Crippen molar-refractivity contribution in [3.63, 3.8) is 0 Å². The van der Waals surface area contributed by atoms with Crippen LogP contribution in [0.3, 0.4) is 0 Å². The first-order chi connectivity index (χ1) is 10.6. The molecule has 2 heterocycles. The summed E-state index contributed by atoms with van der Waals surface area (Å²) in [7, 11) is -0.0940. The van der Waals surface area contributed by atoms with E-state index >= 15 is 0 Å². The molecule has 0 amide bonds. The molecule has 0 radical (unpaired) electrons. The van der Waals surface area contributed by atoms with E-state index in [1.807, 2.05) is 36.7 Å². The van der Waals surface area contributed by atoms with E-state index in [0.717, 1.165) is 11.1 Å². The Kier molecular flexibility index (Phi) is 4.22. The summed E-state index contributed by atoms with van der Waals surface area (Å²) in [6.45, 7) is 1.22. The minimum absolute atomic E-state index is 0.339. The summed E-state index contributed by atoms with van der Waals surface area (Å²) in [5.74, 6) is 0. The van der Waals surface area contributed by atoms with Crippen LogP contribution in [0.15, 0.2) is 39.9 Å². The number of sulfonamides is 1. The van der Waals surface area contributed by atoms with Crippen molar-refractivity contribution in [3.8, 4) is 0 Å². The molecule has 1 aromatic carbocycles. The Bertz CT molecular complexity index is 771. The molecule has 0 saturated heterocycles. The zero-order chi connectivity index (χ0) is 15.7. The number of hydrogen-bond donors (Lipinski definition) is 1. The van der Waals surface area contributed by atoms with Gasteiger partial charge >= 0.3 is 0 Å². The van der Waals surface area contributed by atoms with Crippen molar-refractivity contribution < 1.29 is 13.2 Å². The molecule has 1 unspecified atom stereocenters. The van der Waals surface area contributed by atoms with E-state index in [0.29, 0.717) is 23.7 Å². The zero-order valence-corrected chi connectivity index (χ0v) is 14.1. The highest BCUT2D eigenvalue weighted by Crippen LogP contribution is 2.42. The normalized spacial score (nSPS) is 19.4. The second-order valence-electron chi connectivity index (χ2n) is 5.08. The number of thiophene rings is 1. The summed E-state index contributed by atoms with van der Waals surface area (Å²) in [5.41, 5.74) is 2.26. The highest BCUT2D eigenvalue weighted by Gasteiger charge is 2.35. The number of rotatable bonds is 4. The van der Waals surface area contributed by atoms with Gasteiger partial charge in [-0.2, -0.15) is 11.3 Å². The third-order valence-corrected chi connectivity index (χ3v) is 6.51. The first-order valence-electron chi connectivity index (χ1n) is 6.97. The number of benzene rings is 1. The molecule has 1 aliphatic heterocycles. The van der Waals surface area contributed by atoms with Crippen LogP contribution in [0.5, 0.6) is 0 Å². The van der Waals surface area contributed by atoms with Crippen molar-refractivity contribution in [1.82, 2.24) is 5.32 Å². The first-order valence-corrected chi connectivity index (χ1v) is 9.36. The van der Waals surface area contributed by atoms with Gasteiger partial charge in [-0.3, -0.25) is 4.31 Å². The van der Waals surface area contributed by atoms with Crippen LogP contribution in [0.1, 0.15) is 17.2 Å². The minimum Gasteiger partial charge on any atom is -0.367 e. The van der Waals surface area contributed by atoms with Gasteiger partial charge in [0, 0.05) is 30.1 Å². The maximum Gasteiger partial charge on any atom is 0.265 e. The Balaban J connectivity index is 2.17. The number of para-hydroxylation sites is 1. The number of nitrogens with one attached hydrogen (secondary N) is 1. The van der Waals surface area contributed by atoms with Crippen molar-refractivity contribution in [2.75, 3.05) is 31.6 Å². The maximum atomic E-state index is 12.8. The summed E-state index contributed by atoms with van der Waals surface area (Å²) < 4.78 is 32.9. The summed E-state index contributed by atoms with van der Waals surface area (Å²) in [5, 5.41) is 6.59. The van der Waals surface area contributed by atoms with Crippen molar-refractivity contribution >= 4 is 27.0 Å². The summed E-state index contributed by atoms with van der Waals surface area (Å²) in [6, 6.07) is 7.49. The molecule has 0 saturated carbocycles. The van der Waals surface area contributed by atoms with Crippen LogP contribution in [0.2, 0.25) is 0 Å². The van der Waals surface area contributed by atoms with E-state index in [-0.39, 0.29) is 6.10 Å². The predicted octanol–water partition coefficient (Wildman–Crippen LogP) is 2.21. The van der Waals surface area contributed by atoms with Gasteiger partial charge in [-0.15, -0.1) is 0 Å². The summed E-state index contributed by atoms with van der Waals surface area (Å²) in [6.07, 6.45) is -0.370. The van der Waals surface area contributed by atoms with E-state index in [2.05, 4.69) is 5.32 Å². The van der Waals surface area contributed by atoms with Crippen molar-refractivity contribution in [1.29, 1.82) is 0 Å². The molecule has 1 N–H and O–H groups in total. The molecular formula is C15H18N2O3S2. The van der Waals surface area contributed by atoms with Crippen LogP contribution in [0.25, 0.3) is 0 Å². The standard InChI is InChI=1S/C15H18N2O3S2/c1-16-7-8-20-15-11-5-3-4-6-13(11)17(2)22(18,19)14-10-21-9-12(14)15/h3-6,9-10,15-16H,7-8H2,1-2H3. The van der Waals surface area contributed by atoms with Gasteiger partial charge in [0.05, 0.1) is 12.3 Å². The third-order valence-electron chi connectivity index (χ3n) is 3.77. The topological polar surface area (TPSA) is 58.6 Å². The summed E-state index contributed by atoms with van der Waals surface area (Å²) >= 11 is 1.39. The number of likely N-dealkylation sites (N-methyl/N-ethyl adjacent to an activating group) is 1. The third kappa shape index (κ3) is 2.44. The molecule has 1 aliphatic rings. The molecule has 118 valence electrons. The second-order valence-corrected chi connectivity index (χ2v) is 7.76. The Morgan fingerprint density at radius 1 is 1.27 bits per heavy atom. The van der Waals surface area contributed by atoms with E-state index in [4.69, 9.17) is 4.74 Å². The second kappa shape index (κ2) is 6.00. The Hall–Kier alpha value is -1.41. The van der Waals surface area contributed by atoms with Gasteiger partial charge in [0.25, 0.3) is 10.0 Å². The molecule has 1 aromatic heterocycles. The Labute approximate surface area is 134 Å². The number of fused-ring (bicyclic) bond motifs is 2. The van der Waals surface area contributed by atoms with Gasteiger partial charge < -0.3 is 10.1 Å². The van der Waals surface area contributed by atoms with Crippen LogP contribution >= 0.6 is 11.3 Å². The lowest BCUT2D eigenvalue weighted by Crippen LogP contribution is -2.26. The van der Waals surface area contributed by atoms with Crippen LogP contribution in [-0.4, -0.2) is 35.7 Å². The van der Waals surface area contributed by atoms with Gasteiger partial charge in [-0.25, -0.2) is 8.42 Å². The number of hydrogen-bond acceptors (Lipinski definition) is 5. The molecule has 0 spiro atoms. The van der Waals surface area contributed by atoms with Gasteiger partial charge in [0.2, 0.25) is 0 Å². The Morgan fingerprint density at radius 3 is 2.82 bits per heavy atom. The Morgan fingerprint density at radius 2 is 2.05 bits per heavy atom. The molecule has 2 aromatic rings. The largest absolute Gasteiger partial charge is 0.367 e. The van der Waals surface area contributed by atoms with Crippen LogP contribution in [0.4, 0.5) is 5.69 Å². The van der Waals surface area contributed by atoms with Crippen molar-refractivity contribution in [2.45, 2.75) is 11.0 Å². The molecule has 22 heavy (non-hydrogen) atoms. The smallest absolute Gasteiger partial charge is 0.265 e. The molecule has 1 atom stereocenters. The number of nitrogens with zero attached hydrogens (tertiary/aromatic N) is 1. The fourth-order valence-electron chi connectivity index (χ4n) is 2.59. The molecule has 3 rings (SSSR count). The lowest BCUT2D eigenvalue weighted by molar-refractivity contribution is 0.0823. The lowest BCUT2D eigenvalue weighted by atomic mass is 10.0. The van der Waals surface area contributed by atoms with Crippen LogP contribution < -0.4 is 9.62 Å². The molecule has 0 aliphatic carbocycles.